The van der Waals surface area contributed by atoms with E-state index in [4.69, 9.17) is 9.47 Å². The summed E-state index contributed by atoms with van der Waals surface area (Å²) >= 11 is 0. The molecule has 6 heteroatoms. The van der Waals surface area contributed by atoms with E-state index in [0.29, 0.717) is 43.7 Å². The van der Waals surface area contributed by atoms with Crippen LogP contribution in [0.25, 0.3) is 11.1 Å². The maximum atomic E-state index is 14.1. The quantitative estimate of drug-likeness (QED) is 0.173. The van der Waals surface area contributed by atoms with Crippen LogP contribution in [0.5, 0.6) is 11.5 Å². The molecular weight excluding hydrogens is 524 g/mol. The third kappa shape index (κ3) is 7.19. The second kappa shape index (κ2) is 14.9. The first-order valence-corrected chi connectivity index (χ1v) is 14.5. The number of hydrogen-bond acceptors (Lipinski definition) is 4. The van der Waals surface area contributed by atoms with Gasteiger partial charge in [0.1, 0.15) is 11.5 Å². The molecule has 0 unspecified atom stereocenters. The number of nitrogens with zero attached hydrogens (tertiary/aromatic N) is 2. The normalized spacial score (nSPS) is 10.7. The molecule has 0 atom stereocenters. The van der Waals surface area contributed by atoms with Crippen molar-refractivity contribution in [2.24, 2.45) is 0 Å². The average molecular weight is 565 g/mol. The zero-order valence-electron chi connectivity index (χ0n) is 25.0. The fourth-order valence-corrected chi connectivity index (χ4v) is 5.20. The Morgan fingerprint density at radius 2 is 1.26 bits per heavy atom. The van der Waals surface area contributed by atoms with Crippen LogP contribution in [-0.4, -0.2) is 55.5 Å². The Balaban J connectivity index is 1.64. The summed E-state index contributed by atoms with van der Waals surface area (Å²) in [6.45, 7) is 6.27. The number of carbonyl (C=O) groups excluding carboxylic acids is 2. The molecule has 0 bridgehead atoms. The zero-order valence-corrected chi connectivity index (χ0v) is 25.0. The van der Waals surface area contributed by atoms with Crippen molar-refractivity contribution in [3.05, 3.63) is 119 Å². The molecule has 4 rings (SSSR count). The lowest BCUT2D eigenvalue weighted by Gasteiger charge is -2.25. The predicted molar refractivity (Wildman–Crippen MR) is 168 cm³/mol. The van der Waals surface area contributed by atoms with Gasteiger partial charge < -0.3 is 19.3 Å². The number of hydrogen-bond donors (Lipinski definition) is 0. The molecule has 0 aliphatic rings. The van der Waals surface area contributed by atoms with E-state index in [9.17, 15) is 9.59 Å². The van der Waals surface area contributed by atoms with Gasteiger partial charge in [0.25, 0.3) is 11.8 Å². The summed E-state index contributed by atoms with van der Waals surface area (Å²) in [5.74, 6) is 1.39. The van der Waals surface area contributed by atoms with Crippen LogP contribution in [0.15, 0.2) is 97.1 Å². The van der Waals surface area contributed by atoms with E-state index in [-0.39, 0.29) is 11.8 Å². The van der Waals surface area contributed by atoms with E-state index in [1.54, 1.807) is 14.2 Å². The van der Waals surface area contributed by atoms with E-state index in [1.165, 1.54) is 0 Å². The standard InChI is InChI=1S/C36H40N2O4/c1-5-23-38(24-22-28-25-29(41-3)20-21-34(28)42-4)36(40)33-19-13-11-17-31(33)30-16-10-12-18-32(30)35(39)37(6-2)26-27-14-8-7-9-15-27/h7-21,25H,5-6,22-24,26H2,1-4H3. The van der Waals surface area contributed by atoms with Crippen LogP contribution in [0, 0.1) is 0 Å². The van der Waals surface area contributed by atoms with Crippen LogP contribution in [0.3, 0.4) is 0 Å². The molecule has 0 heterocycles. The van der Waals surface area contributed by atoms with Gasteiger partial charge in [-0.1, -0.05) is 73.7 Å². The van der Waals surface area contributed by atoms with Crippen molar-refractivity contribution in [1.82, 2.24) is 9.80 Å². The monoisotopic (exact) mass is 564 g/mol. The molecule has 0 radical (unpaired) electrons. The SMILES string of the molecule is CCCN(CCc1cc(OC)ccc1OC)C(=O)c1ccccc1-c1ccccc1C(=O)N(CC)Cc1ccccc1. The minimum absolute atomic E-state index is 0.0604. The summed E-state index contributed by atoms with van der Waals surface area (Å²) in [7, 11) is 3.29. The first-order chi connectivity index (χ1) is 20.5. The van der Waals surface area contributed by atoms with E-state index >= 15 is 0 Å². The Kier molecular flexibility index (Phi) is 10.8. The lowest BCUT2D eigenvalue weighted by atomic mass is 9.93. The summed E-state index contributed by atoms with van der Waals surface area (Å²) < 4.78 is 11.0. The fraction of sp³-hybridized carbons (Fsp3) is 0.278. The van der Waals surface area contributed by atoms with Crippen molar-refractivity contribution in [2.75, 3.05) is 33.9 Å². The van der Waals surface area contributed by atoms with Gasteiger partial charge in [-0.2, -0.15) is 0 Å². The minimum Gasteiger partial charge on any atom is -0.497 e. The van der Waals surface area contributed by atoms with Gasteiger partial charge in [-0.15, -0.1) is 0 Å². The van der Waals surface area contributed by atoms with Gasteiger partial charge in [-0.05, 0) is 72.4 Å². The number of ether oxygens (including phenoxy) is 2. The van der Waals surface area contributed by atoms with Crippen LogP contribution >= 0.6 is 0 Å². The molecule has 218 valence electrons. The van der Waals surface area contributed by atoms with Crippen molar-refractivity contribution in [1.29, 1.82) is 0 Å². The molecule has 0 aromatic heterocycles. The molecule has 0 fully saturated rings. The predicted octanol–water partition coefficient (Wildman–Crippen LogP) is 7.13. The lowest BCUT2D eigenvalue weighted by molar-refractivity contribution is 0.0745. The third-order valence-corrected chi connectivity index (χ3v) is 7.41. The van der Waals surface area contributed by atoms with Gasteiger partial charge >= 0.3 is 0 Å². The van der Waals surface area contributed by atoms with Crippen LogP contribution in [-0.2, 0) is 13.0 Å². The number of benzene rings is 4. The van der Waals surface area contributed by atoms with Crippen molar-refractivity contribution in [2.45, 2.75) is 33.2 Å². The summed E-state index contributed by atoms with van der Waals surface area (Å²) in [6, 6.07) is 30.9. The highest BCUT2D eigenvalue weighted by molar-refractivity contribution is 6.06. The second-order valence-electron chi connectivity index (χ2n) is 10.1. The van der Waals surface area contributed by atoms with Gasteiger partial charge in [0.05, 0.1) is 14.2 Å². The Bertz CT molecular complexity index is 1480. The molecule has 4 aromatic rings. The number of methoxy groups -OCH3 is 2. The maximum absolute atomic E-state index is 14.1. The van der Waals surface area contributed by atoms with E-state index in [0.717, 1.165) is 40.2 Å². The molecule has 0 aliphatic heterocycles. The maximum Gasteiger partial charge on any atom is 0.254 e. The van der Waals surface area contributed by atoms with E-state index in [2.05, 4.69) is 6.92 Å². The van der Waals surface area contributed by atoms with Crippen molar-refractivity contribution >= 4 is 11.8 Å². The summed E-state index contributed by atoms with van der Waals surface area (Å²) in [6.07, 6.45) is 1.44. The van der Waals surface area contributed by atoms with Gasteiger partial charge in [0, 0.05) is 37.3 Å². The van der Waals surface area contributed by atoms with Crippen LogP contribution < -0.4 is 9.47 Å². The highest BCUT2D eigenvalue weighted by Gasteiger charge is 2.24. The van der Waals surface area contributed by atoms with Gasteiger partial charge in [-0.3, -0.25) is 9.59 Å². The second-order valence-corrected chi connectivity index (χ2v) is 10.1. The number of rotatable bonds is 13. The van der Waals surface area contributed by atoms with E-state index in [1.807, 2.05) is 114 Å². The molecule has 0 aliphatic carbocycles. The smallest absolute Gasteiger partial charge is 0.254 e. The molecule has 4 aromatic carbocycles. The van der Waals surface area contributed by atoms with Gasteiger partial charge in [0.2, 0.25) is 0 Å². The van der Waals surface area contributed by atoms with Crippen LogP contribution in [0.4, 0.5) is 0 Å². The lowest BCUT2D eigenvalue weighted by Crippen LogP contribution is -2.34. The first-order valence-electron chi connectivity index (χ1n) is 14.5. The van der Waals surface area contributed by atoms with Crippen LogP contribution in [0.1, 0.15) is 52.1 Å². The largest absolute Gasteiger partial charge is 0.497 e. The summed E-state index contributed by atoms with van der Waals surface area (Å²) in [4.78, 5) is 31.7. The molecule has 42 heavy (non-hydrogen) atoms. The average Bonchev–Trinajstić information content (AvgIpc) is 3.05. The summed E-state index contributed by atoms with van der Waals surface area (Å²) in [5.41, 5.74) is 4.72. The Morgan fingerprint density at radius 3 is 1.83 bits per heavy atom. The molecule has 0 saturated carbocycles. The first kappa shape index (κ1) is 30.4. The Hall–Kier alpha value is -4.58. The van der Waals surface area contributed by atoms with Gasteiger partial charge in [0.15, 0.2) is 0 Å². The fourth-order valence-electron chi connectivity index (χ4n) is 5.20. The van der Waals surface area contributed by atoms with Gasteiger partial charge in [-0.25, -0.2) is 0 Å². The molecule has 0 spiro atoms. The molecule has 2 amide bonds. The highest BCUT2D eigenvalue weighted by Crippen LogP contribution is 2.30. The van der Waals surface area contributed by atoms with E-state index < -0.39 is 0 Å². The number of carbonyl (C=O) groups is 2. The molecule has 0 saturated heterocycles. The molecular formula is C36H40N2O4. The third-order valence-electron chi connectivity index (χ3n) is 7.41. The van der Waals surface area contributed by atoms with Crippen LogP contribution in [0.2, 0.25) is 0 Å². The van der Waals surface area contributed by atoms with Crippen molar-refractivity contribution in [3.63, 3.8) is 0 Å². The van der Waals surface area contributed by atoms with Crippen molar-refractivity contribution < 1.29 is 19.1 Å². The Labute approximate surface area is 249 Å². The zero-order chi connectivity index (χ0) is 29.9. The molecule has 6 nitrogen and oxygen atoms in total. The topological polar surface area (TPSA) is 59.1 Å². The number of amides is 2. The van der Waals surface area contributed by atoms with Crippen molar-refractivity contribution in [3.8, 4) is 22.6 Å². The highest BCUT2D eigenvalue weighted by atomic mass is 16.5. The Morgan fingerprint density at radius 1 is 0.667 bits per heavy atom. The minimum atomic E-state index is -0.0619. The summed E-state index contributed by atoms with van der Waals surface area (Å²) in [5, 5.41) is 0. The molecule has 0 N–H and O–H groups in total.